The summed E-state index contributed by atoms with van der Waals surface area (Å²) in [7, 11) is 0. The van der Waals surface area contributed by atoms with Crippen LogP contribution in [0.3, 0.4) is 0 Å². The van der Waals surface area contributed by atoms with Crippen LogP contribution in [0.15, 0.2) is 36.9 Å². The normalized spacial score (nSPS) is 9.95. The smallest absolute Gasteiger partial charge is 0.251 e. The second-order valence-electron chi connectivity index (χ2n) is 4.13. The second kappa shape index (κ2) is 9.16. The fraction of sp³-hybridized carbons (Fsp3) is 0.400. The molecule has 2 N–H and O–H groups in total. The molecule has 1 amide bonds. The van der Waals surface area contributed by atoms with Gasteiger partial charge in [-0.1, -0.05) is 19.6 Å². The third kappa shape index (κ3) is 6.06. The maximum atomic E-state index is 11.8. The summed E-state index contributed by atoms with van der Waals surface area (Å²) in [5, 5.41) is 6.09. The van der Waals surface area contributed by atoms with E-state index < -0.39 is 0 Å². The molecule has 0 aliphatic rings. The van der Waals surface area contributed by atoms with Gasteiger partial charge < -0.3 is 15.4 Å². The minimum atomic E-state index is -0.0615. The van der Waals surface area contributed by atoms with Gasteiger partial charge >= 0.3 is 0 Å². The Morgan fingerprint density at radius 2 is 2.00 bits per heavy atom. The van der Waals surface area contributed by atoms with Gasteiger partial charge in [0.05, 0.1) is 0 Å². The summed E-state index contributed by atoms with van der Waals surface area (Å²) in [4.78, 5) is 11.8. The molecule has 19 heavy (non-hydrogen) atoms. The van der Waals surface area contributed by atoms with Gasteiger partial charge in [-0.15, -0.1) is 0 Å². The lowest BCUT2D eigenvalue weighted by Gasteiger charge is -2.07. The number of carbonyl (C=O) groups excluding carboxylic acids is 1. The van der Waals surface area contributed by atoms with Crippen LogP contribution in [0.5, 0.6) is 5.75 Å². The second-order valence-corrected chi connectivity index (χ2v) is 4.13. The zero-order valence-electron chi connectivity index (χ0n) is 11.4. The first kappa shape index (κ1) is 15.2. The first-order valence-corrected chi connectivity index (χ1v) is 6.60. The van der Waals surface area contributed by atoms with E-state index in [-0.39, 0.29) is 5.91 Å². The van der Waals surface area contributed by atoms with Crippen LogP contribution in [0.25, 0.3) is 0 Å². The number of carbonyl (C=O) groups is 1. The third-order valence-corrected chi connectivity index (χ3v) is 2.50. The molecule has 0 spiro atoms. The van der Waals surface area contributed by atoms with Gasteiger partial charge in [0.25, 0.3) is 5.91 Å². The summed E-state index contributed by atoms with van der Waals surface area (Å²) in [5.74, 6) is 0.676. The van der Waals surface area contributed by atoms with Crippen molar-refractivity contribution >= 4 is 5.91 Å². The molecule has 0 unspecified atom stereocenters. The molecule has 1 aromatic carbocycles. The Labute approximate surface area is 114 Å². The maximum absolute atomic E-state index is 11.8. The number of hydrogen-bond donors (Lipinski definition) is 2. The molecule has 1 rings (SSSR count). The topological polar surface area (TPSA) is 50.4 Å². The first-order valence-electron chi connectivity index (χ1n) is 6.60. The SMILES string of the molecule is C=CCOc1ccc(C(=O)NCCNCCC)cc1. The van der Waals surface area contributed by atoms with Crippen LogP contribution in [0.4, 0.5) is 0 Å². The lowest BCUT2D eigenvalue weighted by Crippen LogP contribution is -2.32. The van der Waals surface area contributed by atoms with Gasteiger partial charge in [0.1, 0.15) is 12.4 Å². The van der Waals surface area contributed by atoms with E-state index in [0.29, 0.717) is 18.7 Å². The van der Waals surface area contributed by atoms with Crippen molar-refractivity contribution in [2.75, 3.05) is 26.2 Å². The average molecular weight is 262 g/mol. The number of hydrogen-bond acceptors (Lipinski definition) is 3. The molecule has 0 fully saturated rings. The summed E-state index contributed by atoms with van der Waals surface area (Å²) in [5.41, 5.74) is 0.640. The molecule has 0 radical (unpaired) electrons. The van der Waals surface area contributed by atoms with E-state index in [4.69, 9.17) is 4.74 Å². The molecular formula is C15H22N2O2. The Balaban J connectivity index is 2.33. The predicted molar refractivity (Wildman–Crippen MR) is 77.6 cm³/mol. The molecule has 0 aliphatic heterocycles. The lowest BCUT2D eigenvalue weighted by atomic mass is 10.2. The van der Waals surface area contributed by atoms with Gasteiger partial charge in [-0.25, -0.2) is 0 Å². The number of amides is 1. The Morgan fingerprint density at radius 3 is 2.63 bits per heavy atom. The van der Waals surface area contributed by atoms with E-state index in [1.54, 1.807) is 30.3 Å². The van der Waals surface area contributed by atoms with Gasteiger partial charge in [0, 0.05) is 18.7 Å². The molecule has 0 aliphatic carbocycles. The Morgan fingerprint density at radius 1 is 1.26 bits per heavy atom. The van der Waals surface area contributed by atoms with E-state index in [1.807, 2.05) is 0 Å². The monoisotopic (exact) mass is 262 g/mol. The van der Waals surface area contributed by atoms with Crippen molar-refractivity contribution in [2.45, 2.75) is 13.3 Å². The fourth-order valence-corrected chi connectivity index (χ4v) is 1.53. The molecule has 1 aromatic rings. The number of nitrogens with one attached hydrogen (secondary N) is 2. The number of ether oxygens (including phenoxy) is 1. The van der Waals surface area contributed by atoms with E-state index in [0.717, 1.165) is 25.3 Å². The molecule has 4 heteroatoms. The van der Waals surface area contributed by atoms with E-state index in [9.17, 15) is 4.79 Å². The van der Waals surface area contributed by atoms with Crippen LogP contribution in [0.2, 0.25) is 0 Å². The Bertz CT molecular complexity index is 388. The maximum Gasteiger partial charge on any atom is 0.251 e. The van der Waals surface area contributed by atoms with Crippen LogP contribution in [0.1, 0.15) is 23.7 Å². The molecule has 0 heterocycles. The van der Waals surface area contributed by atoms with E-state index >= 15 is 0 Å². The highest BCUT2D eigenvalue weighted by Crippen LogP contribution is 2.11. The van der Waals surface area contributed by atoms with Crippen molar-refractivity contribution in [1.82, 2.24) is 10.6 Å². The van der Waals surface area contributed by atoms with Crippen LogP contribution in [0, 0.1) is 0 Å². The Kier molecular flexibility index (Phi) is 7.35. The largest absolute Gasteiger partial charge is 0.490 e. The molecule has 4 nitrogen and oxygen atoms in total. The van der Waals surface area contributed by atoms with Crippen molar-refractivity contribution in [3.63, 3.8) is 0 Å². The summed E-state index contributed by atoms with van der Waals surface area (Å²) in [6, 6.07) is 7.09. The highest BCUT2D eigenvalue weighted by atomic mass is 16.5. The fourth-order valence-electron chi connectivity index (χ4n) is 1.53. The quantitative estimate of drug-likeness (QED) is 0.528. The third-order valence-electron chi connectivity index (χ3n) is 2.50. The summed E-state index contributed by atoms with van der Waals surface area (Å²) in [6.07, 6.45) is 2.78. The molecule has 0 aromatic heterocycles. The average Bonchev–Trinajstić information content (AvgIpc) is 2.45. The molecule has 0 saturated carbocycles. The molecular weight excluding hydrogens is 240 g/mol. The zero-order valence-corrected chi connectivity index (χ0v) is 11.4. The van der Waals surface area contributed by atoms with Crippen molar-refractivity contribution in [1.29, 1.82) is 0 Å². The van der Waals surface area contributed by atoms with Crippen molar-refractivity contribution < 1.29 is 9.53 Å². The number of benzene rings is 1. The van der Waals surface area contributed by atoms with E-state index in [1.165, 1.54) is 0 Å². The van der Waals surface area contributed by atoms with E-state index in [2.05, 4.69) is 24.1 Å². The van der Waals surface area contributed by atoms with Crippen molar-refractivity contribution in [3.8, 4) is 5.75 Å². The lowest BCUT2D eigenvalue weighted by molar-refractivity contribution is 0.0954. The minimum absolute atomic E-state index is 0.0615. The zero-order chi connectivity index (χ0) is 13.9. The van der Waals surface area contributed by atoms with Gasteiger partial charge in [-0.05, 0) is 37.2 Å². The summed E-state index contributed by atoms with van der Waals surface area (Å²) < 4.78 is 5.36. The minimum Gasteiger partial charge on any atom is -0.490 e. The van der Waals surface area contributed by atoms with Gasteiger partial charge in [-0.2, -0.15) is 0 Å². The molecule has 104 valence electrons. The predicted octanol–water partition coefficient (Wildman–Crippen LogP) is 1.98. The van der Waals surface area contributed by atoms with Crippen LogP contribution in [-0.2, 0) is 0 Å². The highest BCUT2D eigenvalue weighted by molar-refractivity contribution is 5.94. The van der Waals surface area contributed by atoms with Crippen molar-refractivity contribution in [3.05, 3.63) is 42.5 Å². The standard InChI is InChI=1S/C15H22N2O2/c1-3-9-16-10-11-17-15(18)13-5-7-14(8-6-13)19-12-4-2/h4-8,16H,2-3,9-12H2,1H3,(H,17,18). The van der Waals surface area contributed by atoms with Gasteiger partial charge in [0.15, 0.2) is 0 Å². The van der Waals surface area contributed by atoms with Crippen LogP contribution >= 0.6 is 0 Å². The Hall–Kier alpha value is -1.81. The summed E-state index contributed by atoms with van der Waals surface area (Å²) >= 11 is 0. The molecule has 0 atom stereocenters. The number of rotatable bonds is 9. The highest BCUT2D eigenvalue weighted by Gasteiger charge is 2.04. The van der Waals surface area contributed by atoms with Crippen LogP contribution < -0.4 is 15.4 Å². The molecule has 0 saturated heterocycles. The van der Waals surface area contributed by atoms with Gasteiger partial charge in [0.2, 0.25) is 0 Å². The van der Waals surface area contributed by atoms with Crippen molar-refractivity contribution in [2.24, 2.45) is 0 Å². The van der Waals surface area contributed by atoms with Crippen LogP contribution in [-0.4, -0.2) is 32.1 Å². The first-order chi connectivity index (χ1) is 9.27. The summed E-state index contributed by atoms with van der Waals surface area (Å²) in [6.45, 7) is 8.56. The molecule has 0 bridgehead atoms. The van der Waals surface area contributed by atoms with Gasteiger partial charge in [-0.3, -0.25) is 4.79 Å².